The molecular formula is C8H10ClN3O. The van der Waals surface area contributed by atoms with Crippen molar-refractivity contribution in [3.8, 4) is 0 Å². The molecule has 0 atom stereocenters. The summed E-state index contributed by atoms with van der Waals surface area (Å²) < 4.78 is 0. The fourth-order valence-corrected chi connectivity index (χ4v) is 1.93. The zero-order chi connectivity index (χ0) is 9.26. The predicted octanol–water partition coefficient (Wildman–Crippen LogP) is 1.48. The van der Waals surface area contributed by atoms with Crippen molar-refractivity contribution in [3.63, 3.8) is 0 Å². The quantitative estimate of drug-likeness (QED) is 0.745. The second-order valence-corrected chi connectivity index (χ2v) is 3.63. The topological polar surface area (TPSA) is 58.6 Å². The largest absolute Gasteiger partial charge is 0.349 e. The molecule has 0 saturated heterocycles. The molecule has 1 aromatic heterocycles. The summed E-state index contributed by atoms with van der Waals surface area (Å²) in [5.74, 6) is 1.07. The molecule has 0 aromatic carbocycles. The average Bonchev–Trinajstić information content (AvgIpc) is 2.53. The fourth-order valence-electron chi connectivity index (χ4n) is 1.77. The highest BCUT2D eigenvalue weighted by Crippen LogP contribution is 2.31. The lowest BCUT2D eigenvalue weighted by Crippen LogP contribution is -2.16. The summed E-state index contributed by atoms with van der Waals surface area (Å²) in [6.07, 6.45) is 4.58. The Morgan fingerprint density at radius 1 is 1.31 bits per heavy atom. The number of halogens is 1. The molecule has 70 valence electrons. The maximum atomic E-state index is 11.0. The van der Waals surface area contributed by atoms with Crippen LogP contribution in [0.4, 0.5) is 0 Å². The van der Waals surface area contributed by atoms with Gasteiger partial charge in [-0.05, 0) is 24.4 Å². The number of aromatic amines is 1. The standard InChI is InChI=1S/C8H10ClN3O/c9-7-10-6(11-8(13)12-7)5-3-1-2-4-5/h5H,1-4H2,(H,10,11,12,13). The van der Waals surface area contributed by atoms with Gasteiger partial charge in [-0.15, -0.1) is 0 Å². The van der Waals surface area contributed by atoms with E-state index in [4.69, 9.17) is 11.6 Å². The molecule has 1 aromatic rings. The molecule has 0 bridgehead atoms. The monoisotopic (exact) mass is 199 g/mol. The number of nitrogens with one attached hydrogen (secondary N) is 1. The average molecular weight is 200 g/mol. The van der Waals surface area contributed by atoms with Gasteiger partial charge in [0, 0.05) is 5.92 Å². The van der Waals surface area contributed by atoms with Crippen molar-refractivity contribution in [2.24, 2.45) is 0 Å². The first-order valence-corrected chi connectivity index (χ1v) is 4.77. The smallest absolute Gasteiger partial charge is 0.294 e. The minimum atomic E-state index is -0.401. The molecule has 5 heteroatoms. The van der Waals surface area contributed by atoms with E-state index in [1.807, 2.05) is 0 Å². The third-order valence-electron chi connectivity index (χ3n) is 2.38. The number of rotatable bonds is 1. The lowest BCUT2D eigenvalue weighted by atomic mass is 10.1. The minimum absolute atomic E-state index is 0.0469. The van der Waals surface area contributed by atoms with E-state index in [2.05, 4.69) is 15.0 Å². The molecule has 0 unspecified atom stereocenters. The number of hydrogen-bond acceptors (Lipinski definition) is 3. The van der Waals surface area contributed by atoms with Crippen LogP contribution in [0.25, 0.3) is 0 Å². The third kappa shape index (κ3) is 1.88. The molecule has 0 aliphatic heterocycles. The van der Waals surface area contributed by atoms with Gasteiger partial charge in [0.2, 0.25) is 5.28 Å². The van der Waals surface area contributed by atoms with E-state index < -0.39 is 5.69 Å². The van der Waals surface area contributed by atoms with Crippen molar-refractivity contribution in [2.75, 3.05) is 0 Å². The zero-order valence-electron chi connectivity index (χ0n) is 7.09. The molecule has 1 saturated carbocycles. The van der Waals surface area contributed by atoms with Crippen LogP contribution in [-0.2, 0) is 0 Å². The molecule has 1 N–H and O–H groups in total. The third-order valence-corrected chi connectivity index (χ3v) is 2.55. The maximum Gasteiger partial charge on any atom is 0.349 e. The van der Waals surface area contributed by atoms with Gasteiger partial charge in [-0.2, -0.15) is 4.98 Å². The van der Waals surface area contributed by atoms with Crippen molar-refractivity contribution in [1.29, 1.82) is 0 Å². The van der Waals surface area contributed by atoms with Gasteiger partial charge in [0.15, 0.2) is 0 Å². The van der Waals surface area contributed by atoms with Crippen LogP contribution in [-0.4, -0.2) is 15.0 Å². The van der Waals surface area contributed by atoms with E-state index in [-0.39, 0.29) is 5.28 Å². The van der Waals surface area contributed by atoms with Crippen molar-refractivity contribution in [2.45, 2.75) is 31.6 Å². The highest BCUT2D eigenvalue weighted by molar-refractivity contribution is 6.28. The van der Waals surface area contributed by atoms with E-state index in [0.717, 1.165) is 12.8 Å². The second kappa shape index (κ2) is 3.46. The Bertz CT molecular complexity index is 357. The van der Waals surface area contributed by atoms with Gasteiger partial charge in [0.1, 0.15) is 5.82 Å². The summed E-state index contributed by atoms with van der Waals surface area (Å²) in [4.78, 5) is 21.1. The minimum Gasteiger partial charge on any atom is -0.294 e. The van der Waals surface area contributed by atoms with Crippen LogP contribution >= 0.6 is 11.6 Å². The van der Waals surface area contributed by atoms with E-state index >= 15 is 0 Å². The summed E-state index contributed by atoms with van der Waals surface area (Å²) >= 11 is 5.59. The van der Waals surface area contributed by atoms with Crippen molar-refractivity contribution in [3.05, 3.63) is 21.6 Å². The molecule has 0 amide bonds. The molecular weight excluding hydrogens is 190 g/mol. The van der Waals surface area contributed by atoms with Crippen LogP contribution in [0.3, 0.4) is 0 Å². The highest BCUT2D eigenvalue weighted by Gasteiger charge is 2.19. The SMILES string of the molecule is O=c1nc(Cl)nc(C2CCCC2)[nH]1. The summed E-state index contributed by atoms with van der Waals surface area (Å²) in [6.45, 7) is 0. The Balaban J connectivity index is 2.33. The molecule has 1 aliphatic rings. The summed E-state index contributed by atoms with van der Waals surface area (Å²) in [6, 6.07) is 0. The first-order valence-electron chi connectivity index (χ1n) is 4.39. The van der Waals surface area contributed by atoms with Crippen molar-refractivity contribution < 1.29 is 0 Å². The summed E-state index contributed by atoms with van der Waals surface area (Å²) in [5.41, 5.74) is -0.401. The van der Waals surface area contributed by atoms with Gasteiger partial charge in [-0.25, -0.2) is 9.78 Å². The van der Waals surface area contributed by atoms with Crippen LogP contribution in [0.15, 0.2) is 4.79 Å². The van der Waals surface area contributed by atoms with Gasteiger partial charge in [-0.1, -0.05) is 12.8 Å². The number of hydrogen-bond donors (Lipinski definition) is 1. The van der Waals surface area contributed by atoms with Gasteiger partial charge in [0.05, 0.1) is 0 Å². The number of H-pyrrole nitrogens is 1. The number of aromatic nitrogens is 3. The van der Waals surface area contributed by atoms with Gasteiger partial charge >= 0.3 is 5.69 Å². The van der Waals surface area contributed by atoms with Gasteiger partial charge in [0.25, 0.3) is 0 Å². The molecule has 1 aliphatic carbocycles. The van der Waals surface area contributed by atoms with Gasteiger partial charge in [-0.3, -0.25) is 4.98 Å². The molecule has 2 rings (SSSR count). The second-order valence-electron chi connectivity index (χ2n) is 3.29. The van der Waals surface area contributed by atoms with Crippen LogP contribution in [0, 0.1) is 0 Å². The Morgan fingerprint density at radius 2 is 2.00 bits per heavy atom. The molecule has 1 heterocycles. The van der Waals surface area contributed by atoms with Crippen LogP contribution in [0.1, 0.15) is 37.4 Å². The van der Waals surface area contributed by atoms with E-state index in [9.17, 15) is 4.79 Å². The maximum absolute atomic E-state index is 11.0. The fraction of sp³-hybridized carbons (Fsp3) is 0.625. The predicted molar refractivity (Wildman–Crippen MR) is 48.9 cm³/mol. The molecule has 0 radical (unpaired) electrons. The van der Waals surface area contributed by atoms with Crippen LogP contribution < -0.4 is 5.69 Å². The first-order chi connectivity index (χ1) is 6.25. The lowest BCUT2D eigenvalue weighted by Gasteiger charge is -2.06. The normalized spacial score (nSPS) is 17.9. The molecule has 4 nitrogen and oxygen atoms in total. The Kier molecular flexibility index (Phi) is 2.31. The molecule has 1 fully saturated rings. The van der Waals surface area contributed by atoms with E-state index in [0.29, 0.717) is 11.7 Å². The van der Waals surface area contributed by atoms with Crippen molar-refractivity contribution in [1.82, 2.24) is 15.0 Å². The van der Waals surface area contributed by atoms with Crippen LogP contribution in [0.2, 0.25) is 5.28 Å². The Morgan fingerprint density at radius 3 is 2.62 bits per heavy atom. The zero-order valence-corrected chi connectivity index (χ0v) is 7.84. The molecule has 13 heavy (non-hydrogen) atoms. The van der Waals surface area contributed by atoms with Crippen LogP contribution in [0.5, 0.6) is 0 Å². The summed E-state index contributed by atoms with van der Waals surface area (Å²) in [7, 11) is 0. The lowest BCUT2D eigenvalue weighted by molar-refractivity contribution is 0.654. The Labute approximate surface area is 80.4 Å². The first kappa shape index (κ1) is 8.69. The van der Waals surface area contributed by atoms with E-state index in [1.54, 1.807) is 0 Å². The highest BCUT2D eigenvalue weighted by atomic mass is 35.5. The Hall–Kier alpha value is -0.900. The van der Waals surface area contributed by atoms with E-state index in [1.165, 1.54) is 12.8 Å². The summed E-state index contributed by atoms with van der Waals surface area (Å²) in [5, 5.41) is 0.0469. The van der Waals surface area contributed by atoms with Gasteiger partial charge < -0.3 is 0 Å². The molecule has 0 spiro atoms. The number of nitrogens with zero attached hydrogens (tertiary/aromatic N) is 2. The van der Waals surface area contributed by atoms with Crippen molar-refractivity contribution >= 4 is 11.6 Å².